The summed E-state index contributed by atoms with van der Waals surface area (Å²) in [4.78, 5) is 23.4. The highest BCUT2D eigenvalue weighted by Gasteiger charge is 2.30. The molecule has 0 aliphatic rings. The summed E-state index contributed by atoms with van der Waals surface area (Å²) in [7, 11) is 1.59. The number of halogens is 3. The zero-order chi connectivity index (χ0) is 25.9. The Labute approximate surface area is 205 Å². The number of hydrogen-bond acceptors (Lipinski definition) is 3. The molecular weight excluding hydrogens is 469 g/mol. The van der Waals surface area contributed by atoms with Crippen LogP contribution in [-0.4, -0.2) is 30.0 Å². The molecule has 0 aliphatic carbocycles. The molecule has 2 amide bonds. The van der Waals surface area contributed by atoms with Crippen molar-refractivity contribution >= 4 is 28.4 Å². The fourth-order valence-electron chi connectivity index (χ4n) is 4.03. The first-order chi connectivity index (χ1) is 17.2. The van der Waals surface area contributed by atoms with Gasteiger partial charge in [-0.1, -0.05) is 24.3 Å². The molecule has 36 heavy (non-hydrogen) atoms. The maximum Gasteiger partial charge on any atom is 0.416 e. The Hall–Kier alpha value is -4.11. The molecular formula is C27H25F3N4O2. The minimum atomic E-state index is -4.40. The number of hydrogen-bond donors (Lipinski definition) is 3. The van der Waals surface area contributed by atoms with Crippen molar-refractivity contribution in [3.05, 3.63) is 84.1 Å². The summed E-state index contributed by atoms with van der Waals surface area (Å²) in [5.74, 6) is -0.371. The van der Waals surface area contributed by atoms with Crippen LogP contribution in [0.2, 0.25) is 0 Å². The van der Waals surface area contributed by atoms with Gasteiger partial charge in [0.2, 0.25) is 11.8 Å². The van der Waals surface area contributed by atoms with Crippen molar-refractivity contribution in [1.29, 1.82) is 0 Å². The van der Waals surface area contributed by atoms with E-state index in [1.54, 1.807) is 19.2 Å². The number of carbonyl (C=O) groups excluding carboxylic acids is 2. The van der Waals surface area contributed by atoms with Crippen LogP contribution in [0.3, 0.4) is 0 Å². The van der Waals surface area contributed by atoms with E-state index in [1.165, 1.54) is 12.1 Å². The molecule has 4 rings (SSSR count). The van der Waals surface area contributed by atoms with E-state index in [4.69, 9.17) is 5.73 Å². The van der Waals surface area contributed by atoms with E-state index in [1.807, 2.05) is 41.1 Å². The summed E-state index contributed by atoms with van der Waals surface area (Å²) >= 11 is 0. The average Bonchev–Trinajstić information content (AvgIpc) is 3.25. The van der Waals surface area contributed by atoms with Crippen LogP contribution in [0.15, 0.2) is 72.9 Å². The topological polar surface area (TPSA) is 89.2 Å². The molecule has 0 bridgehead atoms. The highest BCUT2D eigenvalue weighted by Crippen LogP contribution is 2.33. The zero-order valence-electron chi connectivity index (χ0n) is 19.5. The number of nitrogens with zero attached hydrogens (tertiary/aromatic N) is 1. The van der Waals surface area contributed by atoms with Crippen molar-refractivity contribution in [2.45, 2.75) is 19.0 Å². The molecule has 0 aliphatic heterocycles. The molecule has 0 fully saturated rings. The molecule has 186 valence electrons. The number of nitrogens with two attached hydrogens (primary N) is 1. The van der Waals surface area contributed by atoms with Crippen molar-refractivity contribution in [2.75, 3.05) is 18.9 Å². The zero-order valence-corrected chi connectivity index (χ0v) is 19.5. The van der Waals surface area contributed by atoms with Crippen molar-refractivity contribution in [2.24, 2.45) is 5.73 Å². The predicted octanol–water partition coefficient (Wildman–Crippen LogP) is 4.89. The number of rotatable bonds is 7. The average molecular weight is 495 g/mol. The van der Waals surface area contributed by atoms with Crippen LogP contribution in [-0.2, 0) is 22.2 Å². The predicted molar refractivity (Wildman–Crippen MR) is 134 cm³/mol. The first-order valence-corrected chi connectivity index (χ1v) is 11.3. The van der Waals surface area contributed by atoms with Gasteiger partial charge in [0, 0.05) is 36.4 Å². The van der Waals surface area contributed by atoms with E-state index in [9.17, 15) is 22.8 Å². The first-order valence-electron chi connectivity index (χ1n) is 11.3. The van der Waals surface area contributed by atoms with Crippen LogP contribution in [0.4, 0.5) is 18.9 Å². The SMILES string of the molecule is CNC(=O)CCc1cn(-c2ccc(NC(=O)CN)cc2)c2cc(-c3ccc(C(F)(F)F)cc3)ccc12. The van der Waals surface area contributed by atoms with Gasteiger partial charge in [-0.3, -0.25) is 9.59 Å². The van der Waals surface area contributed by atoms with Crippen molar-refractivity contribution in [3.8, 4) is 16.8 Å². The van der Waals surface area contributed by atoms with Gasteiger partial charge >= 0.3 is 6.18 Å². The monoisotopic (exact) mass is 494 g/mol. The number of carbonyl (C=O) groups is 2. The van der Waals surface area contributed by atoms with E-state index in [0.717, 1.165) is 39.8 Å². The Morgan fingerprint density at radius 1 is 0.917 bits per heavy atom. The van der Waals surface area contributed by atoms with Gasteiger partial charge in [-0.25, -0.2) is 0 Å². The third kappa shape index (κ3) is 5.41. The smallest absolute Gasteiger partial charge is 0.359 e. The maximum absolute atomic E-state index is 13.0. The number of nitrogens with one attached hydrogen (secondary N) is 2. The third-order valence-corrected chi connectivity index (χ3v) is 5.95. The molecule has 4 N–H and O–H groups in total. The second-order valence-electron chi connectivity index (χ2n) is 8.30. The maximum atomic E-state index is 13.0. The molecule has 1 heterocycles. The van der Waals surface area contributed by atoms with Crippen LogP contribution in [0.5, 0.6) is 0 Å². The fourth-order valence-corrected chi connectivity index (χ4v) is 4.03. The number of alkyl halides is 3. The third-order valence-electron chi connectivity index (χ3n) is 5.95. The summed E-state index contributed by atoms with van der Waals surface area (Å²) in [6.07, 6.45) is -1.60. The van der Waals surface area contributed by atoms with Crippen molar-refractivity contribution in [3.63, 3.8) is 0 Å². The quantitative estimate of drug-likeness (QED) is 0.342. The first kappa shape index (κ1) is 25.0. The molecule has 9 heteroatoms. The van der Waals surface area contributed by atoms with E-state index in [0.29, 0.717) is 24.1 Å². The van der Waals surface area contributed by atoms with Gasteiger partial charge < -0.3 is 20.9 Å². The Balaban J connectivity index is 1.76. The highest BCUT2D eigenvalue weighted by molar-refractivity contribution is 5.93. The van der Waals surface area contributed by atoms with Gasteiger partial charge in [0.15, 0.2) is 0 Å². The van der Waals surface area contributed by atoms with Gasteiger partial charge in [0.25, 0.3) is 0 Å². The van der Waals surface area contributed by atoms with E-state index in [-0.39, 0.29) is 18.4 Å². The molecule has 0 spiro atoms. The fraction of sp³-hybridized carbons (Fsp3) is 0.185. The summed E-state index contributed by atoms with van der Waals surface area (Å²) in [5.41, 5.74) is 9.32. The standard InChI is InChI=1S/C27H25F3N4O2/c1-32-25(35)13-5-19-16-34(22-10-8-21(9-11-22)33-26(36)15-31)24-14-18(4-12-23(19)24)17-2-6-20(7-3-17)27(28,29)30/h2-4,6-12,14,16H,5,13,15,31H2,1H3,(H,32,35)(H,33,36). The molecule has 1 aromatic heterocycles. The largest absolute Gasteiger partial charge is 0.416 e. The normalized spacial score (nSPS) is 11.5. The van der Waals surface area contributed by atoms with E-state index < -0.39 is 11.7 Å². The molecule has 0 radical (unpaired) electrons. The summed E-state index contributed by atoms with van der Waals surface area (Å²) in [6.45, 7) is -0.120. The van der Waals surface area contributed by atoms with Gasteiger partial charge in [-0.05, 0) is 65.6 Å². The summed E-state index contributed by atoms with van der Waals surface area (Å²) < 4.78 is 40.9. The van der Waals surface area contributed by atoms with Crippen LogP contribution >= 0.6 is 0 Å². The van der Waals surface area contributed by atoms with Crippen LogP contribution < -0.4 is 16.4 Å². The molecule has 0 saturated carbocycles. The minimum absolute atomic E-state index is 0.0720. The number of benzene rings is 3. The molecule has 0 unspecified atom stereocenters. The van der Waals surface area contributed by atoms with Crippen LogP contribution in [0, 0.1) is 0 Å². The molecule has 3 aromatic carbocycles. The second-order valence-corrected chi connectivity index (χ2v) is 8.30. The van der Waals surface area contributed by atoms with Crippen LogP contribution in [0.25, 0.3) is 27.7 Å². The Morgan fingerprint density at radius 3 is 2.19 bits per heavy atom. The van der Waals surface area contributed by atoms with Crippen molar-refractivity contribution in [1.82, 2.24) is 9.88 Å². The lowest BCUT2D eigenvalue weighted by atomic mass is 10.0. The van der Waals surface area contributed by atoms with E-state index in [2.05, 4.69) is 10.6 Å². The van der Waals surface area contributed by atoms with Gasteiger partial charge in [-0.15, -0.1) is 0 Å². The number of anilines is 1. The number of amides is 2. The minimum Gasteiger partial charge on any atom is -0.359 e. The number of aryl methyl sites for hydroxylation is 1. The second kappa shape index (κ2) is 10.2. The Bertz CT molecular complexity index is 1390. The summed E-state index contributed by atoms with van der Waals surface area (Å²) in [6, 6.07) is 18.0. The Kier molecular flexibility index (Phi) is 7.12. The van der Waals surface area contributed by atoms with Crippen molar-refractivity contribution < 1.29 is 22.8 Å². The molecule has 0 saturated heterocycles. The van der Waals surface area contributed by atoms with Gasteiger partial charge in [0.1, 0.15) is 0 Å². The lowest BCUT2D eigenvalue weighted by Crippen LogP contribution is -2.21. The summed E-state index contributed by atoms with van der Waals surface area (Å²) in [5, 5.41) is 6.26. The molecule has 4 aromatic rings. The van der Waals surface area contributed by atoms with Gasteiger partial charge in [0.05, 0.1) is 17.6 Å². The van der Waals surface area contributed by atoms with Crippen LogP contribution in [0.1, 0.15) is 17.5 Å². The number of aromatic nitrogens is 1. The van der Waals surface area contributed by atoms with E-state index >= 15 is 0 Å². The lowest BCUT2D eigenvalue weighted by Gasteiger charge is -2.10. The molecule has 0 atom stereocenters. The molecule has 6 nitrogen and oxygen atoms in total. The lowest BCUT2D eigenvalue weighted by molar-refractivity contribution is -0.137. The highest BCUT2D eigenvalue weighted by atomic mass is 19.4. The number of fused-ring (bicyclic) bond motifs is 1. The Morgan fingerprint density at radius 2 is 1.58 bits per heavy atom. The van der Waals surface area contributed by atoms with Gasteiger partial charge in [-0.2, -0.15) is 13.2 Å².